The first-order valence-electron chi connectivity index (χ1n) is 5.36. The minimum atomic E-state index is -1.15. The number of anilines is 1. The highest BCUT2D eigenvalue weighted by Crippen LogP contribution is 2.17. The predicted octanol–water partition coefficient (Wildman–Crippen LogP) is 2.50. The third kappa shape index (κ3) is 3.09. The number of nitro benzene ring substituents is 1. The van der Waals surface area contributed by atoms with Gasteiger partial charge in [0.25, 0.3) is 5.69 Å². The van der Waals surface area contributed by atoms with Crippen LogP contribution in [0.15, 0.2) is 40.8 Å². The summed E-state index contributed by atoms with van der Waals surface area (Å²) >= 11 is 0. The van der Waals surface area contributed by atoms with Crippen molar-refractivity contribution in [2.45, 2.75) is 6.54 Å². The second-order valence-corrected chi connectivity index (χ2v) is 3.75. The fourth-order valence-corrected chi connectivity index (χ4v) is 1.52. The molecule has 0 atom stereocenters. The number of nitrogens with zero attached hydrogens (tertiary/aromatic N) is 1. The molecule has 0 bridgehead atoms. The van der Waals surface area contributed by atoms with E-state index in [1.165, 1.54) is 24.3 Å². The zero-order valence-corrected chi connectivity index (χ0v) is 9.70. The number of non-ortho nitro benzene ring substituents is 1. The Kier molecular flexibility index (Phi) is 3.46. The van der Waals surface area contributed by atoms with E-state index in [-0.39, 0.29) is 11.4 Å². The van der Waals surface area contributed by atoms with Crippen LogP contribution in [0.25, 0.3) is 0 Å². The lowest BCUT2D eigenvalue weighted by Crippen LogP contribution is -1.99. The van der Waals surface area contributed by atoms with Crippen molar-refractivity contribution in [3.63, 3.8) is 0 Å². The molecular weight excluding hydrogens is 252 g/mol. The van der Waals surface area contributed by atoms with E-state index in [0.29, 0.717) is 18.0 Å². The Balaban J connectivity index is 2.03. The van der Waals surface area contributed by atoms with Crippen molar-refractivity contribution in [1.82, 2.24) is 0 Å². The Morgan fingerprint density at radius 1 is 1.37 bits per heavy atom. The smallest absolute Gasteiger partial charge is 0.371 e. The molecule has 98 valence electrons. The molecule has 1 aromatic heterocycles. The summed E-state index contributed by atoms with van der Waals surface area (Å²) in [5.41, 5.74) is 0.701. The van der Waals surface area contributed by atoms with Gasteiger partial charge in [-0.2, -0.15) is 0 Å². The van der Waals surface area contributed by atoms with Gasteiger partial charge in [-0.05, 0) is 11.6 Å². The quantitative estimate of drug-likeness (QED) is 0.633. The van der Waals surface area contributed by atoms with Gasteiger partial charge in [0.2, 0.25) is 5.76 Å². The van der Waals surface area contributed by atoms with Gasteiger partial charge in [0.1, 0.15) is 0 Å². The van der Waals surface area contributed by atoms with Crippen molar-refractivity contribution < 1.29 is 19.2 Å². The molecule has 7 nitrogen and oxygen atoms in total. The van der Waals surface area contributed by atoms with Crippen LogP contribution in [-0.4, -0.2) is 16.0 Å². The molecule has 0 unspecified atom stereocenters. The third-order valence-corrected chi connectivity index (χ3v) is 2.40. The summed E-state index contributed by atoms with van der Waals surface area (Å²) in [4.78, 5) is 20.7. The predicted molar refractivity (Wildman–Crippen MR) is 66.1 cm³/mol. The monoisotopic (exact) mass is 262 g/mol. The first-order valence-corrected chi connectivity index (χ1v) is 5.36. The minimum Gasteiger partial charge on any atom is -0.475 e. The maximum Gasteiger partial charge on any atom is 0.371 e. The lowest BCUT2D eigenvalue weighted by Gasteiger charge is -2.02. The number of carbonyl (C=O) groups is 1. The first kappa shape index (κ1) is 12.6. The molecule has 2 rings (SSSR count). The van der Waals surface area contributed by atoms with Crippen molar-refractivity contribution in [1.29, 1.82) is 0 Å². The summed E-state index contributed by atoms with van der Waals surface area (Å²) in [6.07, 6.45) is 0. The van der Waals surface area contributed by atoms with Crippen LogP contribution >= 0.6 is 0 Å². The molecule has 2 N–H and O–H groups in total. The molecule has 0 aliphatic rings. The molecule has 7 heteroatoms. The number of rotatable bonds is 5. The van der Waals surface area contributed by atoms with Gasteiger partial charge in [0.15, 0.2) is 5.88 Å². The van der Waals surface area contributed by atoms with Crippen molar-refractivity contribution >= 4 is 17.5 Å². The molecule has 0 fully saturated rings. The fraction of sp³-hybridized carbons (Fsp3) is 0.0833. The van der Waals surface area contributed by atoms with Crippen LogP contribution in [0, 0.1) is 10.1 Å². The number of carboxylic acid groups (broad SMARTS) is 1. The number of hydrogen-bond acceptors (Lipinski definition) is 5. The van der Waals surface area contributed by atoms with Gasteiger partial charge in [-0.3, -0.25) is 10.1 Å². The molecule has 0 aliphatic heterocycles. The summed E-state index contributed by atoms with van der Waals surface area (Å²) in [5.74, 6) is -1.02. The molecule has 1 aromatic carbocycles. The number of nitrogens with one attached hydrogen (secondary N) is 1. The Bertz CT molecular complexity index is 620. The minimum absolute atomic E-state index is 0.00460. The van der Waals surface area contributed by atoms with Crippen LogP contribution in [-0.2, 0) is 6.54 Å². The van der Waals surface area contributed by atoms with Gasteiger partial charge in [0, 0.05) is 24.7 Å². The van der Waals surface area contributed by atoms with E-state index in [0.717, 1.165) is 0 Å². The number of nitro groups is 1. The number of benzene rings is 1. The van der Waals surface area contributed by atoms with Crippen molar-refractivity contribution in [3.8, 4) is 0 Å². The lowest BCUT2D eigenvalue weighted by atomic mass is 10.2. The van der Waals surface area contributed by atoms with Crippen LogP contribution < -0.4 is 5.32 Å². The van der Waals surface area contributed by atoms with Crippen LogP contribution in [0.2, 0.25) is 0 Å². The highest BCUT2D eigenvalue weighted by molar-refractivity contribution is 5.84. The average Bonchev–Trinajstić information content (AvgIpc) is 2.85. The van der Waals surface area contributed by atoms with Gasteiger partial charge in [0.05, 0.1) is 4.92 Å². The van der Waals surface area contributed by atoms with Gasteiger partial charge in [-0.15, -0.1) is 0 Å². The second-order valence-electron chi connectivity index (χ2n) is 3.75. The van der Waals surface area contributed by atoms with E-state index in [4.69, 9.17) is 9.52 Å². The SMILES string of the molecule is O=C(O)c1ccc(NCc2cccc([N+](=O)[O-])c2)o1. The zero-order chi connectivity index (χ0) is 13.8. The molecular formula is C12H10N2O5. The number of carboxylic acids is 1. The second kappa shape index (κ2) is 5.21. The normalized spacial score (nSPS) is 10.1. The van der Waals surface area contributed by atoms with Crippen LogP contribution in [0.3, 0.4) is 0 Å². The summed E-state index contributed by atoms with van der Waals surface area (Å²) in [6, 6.07) is 8.97. The molecule has 0 amide bonds. The molecule has 2 aromatic rings. The van der Waals surface area contributed by atoms with Crippen LogP contribution in [0.5, 0.6) is 0 Å². The van der Waals surface area contributed by atoms with E-state index >= 15 is 0 Å². The molecule has 0 spiro atoms. The summed E-state index contributed by atoms with van der Waals surface area (Å²) in [5, 5.41) is 22.1. The molecule has 0 aliphatic carbocycles. The zero-order valence-electron chi connectivity index (χ0n) is 9.70. The van der Waals surface area contributed by atoms with Crippen molar-refractivity contribution in [2.24, 2.45) is 0 Å². The summed E-state index contributed by atoms with van der Waals surface area (Å²) < 4.78 is 5.00. The van der Waals surface area contributed by atoms with E-state index < -0.39 is 10.9 Å². The van der Waals surface area contributed by atoms with Crippen molar-refractivity contribution in [2.75, 3.05) is 5.32 Å². The van der Waals surface area contributed by atoms with E-state index in [9.17, 15) is 14.9 Å². The third-order valence-electron chi connectivity index (χ3n) is 2.40. The van der Waals surface area contributed by atoms with Gasteiger partial charge >= 0.3 is 5.97 Å². The number of hydrogen-bond donors (Lipinski definition) is 2. The van der Waals surface area contributed by atoms with Gasteiger partial charge in [-0.1, -0.05) is 12.1 Å². The molecule has 0 saturated heterocycles. The van der Waals surface area contributed by atoms with E-state index in [1.54, 1.807) is 12.1 Å². The summed E-state index contributed by atoms with van der Waals surface area (Å²) in [7, 11) is 0. The summed E-state index contributed by atoms with van der Waals surface area (Å²) in [6.45, 7) is 0.300. The van der Waals surface area contributed by atoms with Crippen LogP contribution in [0.1, 0.15) is 16.1 Å². The van der Waals surface area contributed by atoms with E-state index in [1.807, 2.05) is 0 Å². The molecule has 0 radical (unpaired) electrons. The molecule has 1 heterocycles. The first-order chi connectivity index (χ1) is 9.06. The number of aromatic carboxylic acids is 1. The maximum atomic E-state index is 10.6. The average molecular weight is 262 g/mol. The fourth-order valence-electron chi connectivity index (χ4n) is 1.52. The largest absolute Gasteiger partial charge is 0.475 e. The van der Waals surface area contributed by atoms with Crippen LogP contribution in [0.4, 0.5) is 11.6 Å². The standard InChI is InChI=1S/C12H10N2O5/c15-12(16)10-4-5-11(19-10)13-7-8-2-1-3-9(6-8)14(17)18/h1-6,13H,7H2,(H,15,16). The van der Waals surface area contributed by atoms with Crippen molar-refractivity contribution in [3.05, 3.63) is 57.8 Å². The lowest BCUT2D eigenvalue weighted by molar-refractivity contribution is -0.384. The number of furan rings is 1. The van der Waals surface area contributed by atoms with Gasteiger partial charge < -0.3 is 14.8 Å². The Morgan fingerprint density at radius 3 is 2.79 bits per heavy atom. The highest BCUT2D eigenvalue weighted by Gasteiger charge is 2.09. The maximum absolute atomic E-state index is 10.6. The molecule has 19 heavy (non-hydrogen) atoms. The highest BCUT2D eigenvalue weighted by atomic mass is 16.6. The van der Waals surface area contributed by atoms with Gasteiger partial charge in [-0.25, -0.2) is 4.79 Å². The molecule has 0 saturated carbocycles. The topological polar surface area (TPSA) is 106 Å². The Labute approximate surface area is 107 Å². The van der Waals surface area contributed by atoms with E-state index in [2.05, 4.69) is 5.32 Å². The Hall–Kier alpha value is -2.83. The Morgan fingerprint density at radius 2 is 2.16 bits per heavy atom.